The molecule has 4 nitrogen and oxygen atoms in total. The fraction of sp³-hybridized carbons (Fsp3) is 0.333. The van der Waals surface area contributed by atoms with E-state index in [1.165, 1.54) is 0 Å². The summed E-state index contributed by atoms with van der Waals surface area (Å²) in [5.41, 5.74) is 0.730. The van der Waals surface area contributed by atoms with Crippen molar-refractivity contribution in [1.29, 1.82) is 0 Å². The lowest BCUT2D eigenvalue weighted by Crippen LogP contribution is -1.91. The first-order valence-electron chi connectivity index (χ1n) is 3.90. The minimum atomic E-state index is 0.484. The van der Waals surface area contributed by atoms with Gasteiger partial charge in [-0.25, -0.2) is 4.98 Å². The second kappa shape index (κ2) is 4.31. The summed E-state index contributed by atoms with van der Waals surface area (Å²) in [5, 5.41) is 2.63. The lowest BCUT2D eigenvalue weighted by molar-refractivity contribution is 0.537. The van der Waals surface area contributed by atoms with Gasteiger partial charge in [-0.15, -0.1) is 0 Å². The van der Waals surface area contributed by atoms with Crippen LogP contribution in [0.5, 0.6) is 0 Å². The van der Waals surface area contributed by atoms with Crippen molar-refractivity contribution in [3.63, 3.8) is 0 Å². The van der Waals surface area contributed by atoms with Crippen LogP contribution in [0.2, 0.25) is 0 Å². The lowest BCUT2D eigenvalue weighted by Gasteiger charge is -1.93. The van der Waals surface area contributed by atoms with Crippen LogP contribution in [0.15, 0.2) is 9.41 Å². The van der Waals surface area contributed by atoms with Gasteiger partial charge in [0, 0.05) is 13.0 Å². The van der Waals surface area contributed by atoms with Crippen molar-refractivity contribution >= 4 is 12.1 Å². The van der Waals surface area contributed by atoms with Gasteiger partial charge in [0.15, 0.2) is 5.89 Å². The molecule has 0 aliphatic carbocycles. The molecule has 0 amide bonds. The Morgan fingerprint density at radius 1 is 1.77 bits per heavy atom. The Hall–Kier alpha value is -1.76. The van der Waals surface area contributed by atoms with Crippen molar-refractivity contribution in [1.82, 2.24) is 4.98 Å². The minimum absolute atomic E-state index is 0.484. The molecule has 1 aromatic heterocycles. The zero-order valence-corrected chi connectivity index (χ0v) is 7.66. The Morgan fingerprint density at radius 3 is 3.15 bits per heavy atom. The fourth-order valence-corrected chi connectivity index (χ4v) is 0.918. The molecular formula is C9H11N3O. The molecule has 68 valence electrons. The average molecular weight is 177 g/mol. The maximum Gasteiger partial charge on any atom is 0.230 e. The Bertz CT molecular complexity index is 346. The molecule has 1 N–H and O–H groups in total. The first-order chi connectivity index (χ1) is 6.27. The second-order valence-corrected chi connectivity index (χ2v) is 2.38. The highest BCUT2D eigenvalue weighted by molar-refractivity contribution is 5.53. The first-order valence-corrected chi connectivity index (χ1v) is 3.90. The molecule has 0 unspecified atom stereocenters. The maximum atomic E-state index is 5.21. The van der Waals surface area contributed by atoms with E-state index in [-0.39, 0.29) is 0 Å². The summed E-state index contributed by atoms with van der Waals surface area (Å²) >= 11 is 0. The van der Waals surface area contributed by atoms with Crippen LogP contribution < -0.4 is 5.32 Å². The normalized spacial score (nSPS) is 10.2. The molecule has 4 heteroatoms. The molecule has 0 fully saturated rings. The van der Waals surface area contributed by atoms with E-state index < -0.39 is 0 Å². The van der Waals surface area contributed by atoms with Crippen molar-refractivity contribution in [2.45, 2.75) is 20.4 Å². The Kier molecular flexibility index (Phi) is 3.09. The number of aromatic nitrogens is 1. The summed E-state index contributed by atoms with van der Waals surface area (Å²) in [6, 6.07) is 2.28. The molecular weight excluding hydrogens is 166 g/mol. The molecule has 0 aliphatic heterocycles. The van der Waals surface area contributed by atoms with Gasteiger partial charge < -0.3 is 4.42 Å². The van der Waals surface area contributed by atoms with Crippen LogP contribution in [0.3, 0.4) is 0 Å². The minimum Gasteiger partial charge on any atom is -0.424 e. The van der Waals surface area contributed by atoms with Crippen molar-refractivity contribution in [3.05, 3.63) is 11.6 Å². The summed E-state index contributed by atoms with van der Waals surface area (Å²) in [6.07, 6.45) is 6.79. The van der Waals surface area contributed by atoms with Gasteiger partial charge in [0.1, 0.15) is 5.69 Å². The van der Waals surface area contributed by atoms with E-state index in [2.05, 4.69) is 21.3 Å². The van der Waals surface area contributed by atoms with E-state index in [0.717, 1.165) is 5.69 Å². The Labute approximate surface area is 77.1 Å². The number of anilines is 1. The van der Waals surface area contributed by atoms with Crippen LogP contribution in [0.4, 0.5) is 5.88 Å². The number of aliphatic imine (C=N–C) groups is 1. The van der Waals surface area contributed by atoms with Crippen LogP contribution >= 0.6 is 0 Å². The predicted octanol–water partition coefficient (Wildman–Crippen LogP) is 1.58. The largest absolute Gasteiger partial charge is 0.424 e. The third-order valence-electron chi connectivity index (χ3n) is 1.41. The topological polar surface area (TPSA) is 50.4 Å². The molecule has 0 atom stereocenters. The van der Waals surface area contributed by atoms with Crippen molar-refractivity contribution in [2.75, 3.05) is 5.32 Å². The van der Waals surface area contributed by atoms with Gasteiger partial charge in [0.05, 0.1) is 6.54 Å². The molecule has 0 aliphatic rings. The quantitative estimate of drug-likeness (QED) is 0.433. The number of oxazole rings is 1. The standard InChI is InChI=1S/C9H11N3O/c1-4-10-6-8-9(11-5-2)13-7(3)12-8/h2,4,11H,6H2,1,3H3. The molecule has 13 heavy (non-hydrogen) atoms. The molecule has 0 saturated heterocycles. The summed E-state index contributed by atoms with van der Waals surface area (Å²) in [7, 11) is 0. The van der Waals surface area contributed by atoms with Gasteiger partial charge >= 0.3 is 0 Å². The highest BCUT2D eigenvalue weighted by atomic mass is 16.4. The predicted molar refractivity (Wildman–Crippen MR) is 51.6 cm³/mol. The second-order valence-electron chi connectivity index (χ2n) is 2.38. The third-order valence-corrected chi connectivity index (χ3v) is 1.41. The number of nitrogens with zero attached hydrogens (tertiary/aromatic N) is 2. The van der Waals surface area contributed by atoms with Gasteiger partial charge in [0.2, 0.25) is 5.88 Å². The Balaban J connectivity index is 2.85. The van der Waals surface area contributed by atoms with Crippen LogP contribution in [-0.2, 0) is 6.54 Å². The van der Waals surface area contributed by atoms with Crippen LogP contribution in [0.1, 0.15) is 18.5 Å². The van der Waals surface area contributed by atoms with Gasteiger partial charge in [-0.05, 0) is 13.1 Å². The van der Waals surface area contributed by atoms with E-state index in [4.69, 9.17) is 10.8 Å². The van der Waals surface area contributed by atoms with E-state index in [0.29, 0.717) is 18.3 Å². The van der Waals surface area contributed by atoms with E-state index in [1.807, 2.05) is 6.92 Å². The molecule has 0 radical (unpaired) electrons. The molecule has 1 aromatic rings. The molecule has 0 saturated carbocycles. The number of nitrogens with one attached hydrogen (secondary N) is 1. The summed E-state index contributed by atoms with van der Waals surface area (Å²) in [4.78, 5) is 8.17. The summed E-state index contributed by atoms with van der Waals surface area (Å²) in [6.45, 7) is 4.10. The van der Waals surface area contributed by atoms with Gasteiger partial charge in [-0.3, -0.25) is 10.3 Å². The number of aryl methyl sites for hydroxylation is 1. The average Bonchev–Trinajstić information content (AvgIpc) is 2.44. The molecule has 1 rings (SSSR count). The van der Waals surface area contributed by atoms with E-state index >= 15 is 0 Å². The highest BCUT2D eigenvalue weighted by Crippen LogP contribution is 2.16. The van der Waals surface area contributed by atoms with Gasteiger partial charge in [0.25, 0.3) is 0 Å². The number of hydrogen-bond acceptors (Lipinski definition) is 4. The zero-order valence-electron chi connectivity index (χ0n) is 7.66. The Morgan fingerprint density at radius 2 is 2.54 bits per heavy atom. The van der Waals surface area contributed by atoms with Crippen LogP contribution in [0.25, 0.3) is 0 Å². The SMILES string of the molecule is C#CNc1oc(C)nc1CN=CC. The number of rotatable bonds is 3. The number of terminal acetylenes is 1. The summed E-state index contributed by atoms with van der Waals surface area (Å²) < 4.78 is 5.21. The molecule has 0 bridgehead atoms. The maximum absolute atomic E-state index is 5.21. The number of hydrogen-bond donors (Lipinski definition) is 1. The fourth-order valence-electron chi connectivity index (χ4n) is 0.918. The smallest absolute Gasteiger partial charge is 0.230 e. The zero-order chi connectivity index (χ0) is 9.68. The van der Waals surface area contributed by atoms with E-state index in [9.17, 15) is 0 Å². The van der Waals surface area contributed by atoms with Crippen LogP contribution in [-0.4, -0.2) is 11.2 Å². The van der Waals surface area contributed by atoms with Crippen molar-refractivity contribution < 1.29 is 4.42 Å². The first kappa shape index (κ1) is 9.33. The van der Waals surface area contributed by atoms with E-state index in [1.54, 1.807) is 13.1 Å². The van der Waals surface area contributed by atoms with Crippen LogP contribution in [0, 0.1) is 19.4 Å². The summed E-state index contributed by atoms with van der Waals surface area (Å²) in [5.74, 6) is 1.09. The molecule has 0 aromatic carbocycles. The van der Waals surface area contributed by atoms with Crippen molar-refractivity contribution in [2.24, 2.45) is 4.99 Å². The van der Waals surface area contributed by atoms with Gasteiger partial charge in [-0.2, -0.15) is 0 Å². The molecule has 0 spiro atoms. The van der Waals surface area contributed by atoms with Gasteiger partial charge in [-0.1, -0.05) is 6.42 Å². The third kappa shape index (κ3) is 2.34. The lowest BCUT2D eigenvalue weighted by atomic mass is 10.4. The highest BCUT2D eigenvalue weighted by Gasteiger charge is 2.08. The van der Waals surface area contributed by atoms with Crippen molar-refractivity contribution in [3.8, 4) is 12.5 Å². The monoisotopic (exact) mass is 177 g/mol. The molecule has 1 heterocycles.